The highest BCUT2D eigenvalue weighted by Crippen LogP contribution is 2.23. The number of hydrogen-bond acceptors (Lipinski definition) is 7. The lowest BCUT2D eigenvalue weighted by atomic mass is 10.1. The number of benzene rings is 1. The number of para-hydroxylation sites is 1. The van der Waals surface area contributed by atoms with Crippen molar-refractivity contribution < 1.29 is 9.53 Å². The van der Waals surface area contributed by atoms with Crippen LogP contribution < -0.4 is 20.1 Å². The van der Waals surface area contributed by atoms with Gasteiger partial charge in [0.25, 0.3) is 11.5 Å². The van der Waals surface area contributed by atoms with E-state index in [4.69, 9.17) is 9.84 Å². The molecule has 0 aliphatic heterocycles. The summed E-state index contributed by atoms with van der Waals surface area (Å²) in [5, 5.41) is 17.4. The van der Waals surface area contributed by atoms with E-state index in [0.717, 1.165) is 22.6 Å². The van der Waals surface area contributed by atoms with Crippen LogP contribution in [0.1, 0.15) is 18.9 Å². The van der Waals surface area contributed by atoms with Crippen LogP contribution in [0.15, 0.2) is 78.5 Å². The summed E-state index contributed by atoms with van der Waals surface area (Å²) in [5.41, 5.74) is 2.55. The Labute approximate surface area is 229 Å². The van der Waals surface area contributed by atoms with Gasteiger partial charge in [0.05, 0.1) is 10.2 Å². The number of carbonyl (C=O) groups excluding carboxylic acids is 1. The number of rotatable bonds is 11. The first-order valence-corrected chi connectivity index (χ1v) is 13.3. The van der Waals surface area contributed by atoms with Crippen LogP contribution in [-0.4, -0.2) is 45.0 Å². The van der Waals surface area contributed by atoms with E-state index in [0.29, 0.717) is 42.0 Å². The predicted octanol–water partition coefficient (Wildman–Crippen LogP) is 2.39. The van der Waals surface area contributed by atoms with E-state index in [-0.39, 0.29) is 22.3 Å². The average Bonchev–Trinajstić information content (AvgIpc) is 3.52. The lowest BCUT2D eigenvalue weighted by Gasteiger charge is -2.04. The molecule has 198 valence electrons. The Morgan fingerprint density at radius 3 is 2.77 bits per heavy atom. The van der Waals surface area contributed by atoms with E-state index < -0.39 is 5.91 Å². The van der Waals surface area contributed by atoms with Gasteiger partial charge in [-0.1, -0.05) is 24.3 Å². The lowest BCUT2D eigenvalue weighted by Crippen LogP contribution is -2.35. The van der Waals surface area contributed by atoms with Crippen molar-refractivity contribution in [2.75, 3.05) is 19.8 Å². The van der Waals surface area contributed by atoms with Crippen molar-refractivity contribution in [1.82, 2.24) is 24.6 Å². The summed E-state index contributed by atoms with van der Waals surface area (Å²) in [4.78, 5) is 30.6. The first kappa shape index (κ1) is 27.4. The van der Waals surface area contributed by atoms with Gasteiger partial charge in [0, 0.05) is 56.0 Å². The third kappa shape index (κ3) is 6.46. The highest BCUT2D eigenvalue weighted by atomic mass is 32.1. The molecule has 4 aromatic rings. The number of ether oxygens (including phenoxy) is 1. The summed E-state index contributed by atoms with van der Waals surface area (Å²) >= 11 is 1.09. The molecule has 0 spiro atoms. The number of nitrogens with zero attached hydrogens (tertiary/aromatic N) is 5. The number of pyridine rings is 1. The molecule has 0 unspecified atom stereocenters. The van der Waals surface area contributed by atoms with Gasteiger partial charge in [-0.25, -0.2) is 4.68 Å². The van der Waals surface area contributed by atoms with Crippen LogP contribution in [0.2, 0.25) is 0 Å². The summed E-state index contributed by atoms with van der Waals surface area (Å²) in [6.07, 6.45) is 9.15. The molecule has 1 aromatic carbocycles. The van der Waals surface area contributed by atoms with Crippen molar-refractivity contribution in [2.24, 2.45) is 0 Å². The molecule has 0 aliphatic carbocycles. The van der Waals surface area contributed by atoms with Gasteiger partial charge in [0.15, 0.2) is 5.57 Å². The first-order valence-electron chi connectivity index (χ1n) is 12.5. The van der Waals surface area contributed by atoms with Gasteiger partial charge in [0.1, 0.15) is 16.4 Å². The number of thiazole rings is 1. The minimum atomic E-state index is -0.535. The number of hydrogen-bond donors (Lipinski definition) is 1. The third-order valence-corrected chi connectivity index (χ3v) is 6.84. The van der Waals surface area contributed by atoms with Crippen LogP contribution in [-0.2, 0) is 16.1 Å². The van der Waals surface area contributed by atoms with Gasteiger partial charge >= 0.3 is 0 Å². The number of carbonyl (C=O) groups is 1. The molecule has 9 nitrogen and oxygen atoms in total. The van der Waals surface area contributed by atoms with Crippen LogP contribution in [0.5, 0.6) is 0 Å². The molecule has 0 saturated carbocycles. The van der Waals surface area contributed by atoms with Crippen LogP contribution in [0.4, 0.5) is 0 Å². The van der Waals surface area contributed by atoms with Crippen LogP contribution in [0.3, 0.4) is 0 Å². The minimum Gasteiger partial charge on any atom is -0.382 e. The summed E-state index contributed by atoms with van der Waals surface area (Å²) < 4.78 is 9.07. The molecule has 0 saturated heterocycles. The number of amides is 1. The maximum absolute atomic E-state index is 13.5. The van der Waals surface area contributed by atoms with Crippen LogP contribution in [0.25, 0.3) is 28.6 Å². The zero-order valence-electron chi connectivity index (χ0n) is 21.5. The van der Waals surface area contributed by atoms with E-state index in [1.54, 1.807) is 29.2 Å². The largest absolute Gasteiger partial charge is 0.382 e. The number of allylic oxidation sites excluding steroid dienone is 1. The van der Waals surface area contributed by atoms with E-state index in [1.807, 2.05) is 61.7 Å². The van der Waals surface area contributed by atoms with Crippen molar-refractivity contribution in [3.05, 3.63) is 98.8 Å². The van der Waals surface area contributed by atoms with Crippen molar-refractivity contribution in [3.63, 3.8) is 0 Å². The Bertz CT molecular complexity index is 1660. The number of aromatic nitrogens is 4. The molecule has 4 rings (SSSR count). The molecule has 10 heteroatoms. The molecule has 3 heterocycles. The molecule has 1 amide bonds. The average molecular weight is 541 g/mol. The van der Waals surface area contributed by atoms with Gasteiger partial charge in [-0.15, -0.1) is 17.9 Å². The second-order valence-electron chi connectivity index (χ2n) is 8.37. The van der Waals surface area contributed by atoms with E-state index in [2.05, 4.69) is 16.9 Å². The monoisotopic (exact) mass is 540 g/mol. The molecule has 0 aliphatic rings. The smallest absolute Gasteiger partial charge is 0.269 e. The Hall–Kier alpha value is -4.59. The van der Waals surface area contributed by atoms with E-state index >= 15 is 0 Å². The fraction of sp³-hybridized carbons (Fsp3) is 0.207. The Balaban J connectivity index is 1.84. The molecule has 1 N–H and O–H groups in total. The van der Waals surface area contributed by atoms with Gasteiger partial charge in [-0.3, -0.25) is 19.1 Å². The fourth-order valence-electron chi connectivity index (χ4n) is 3.88. The summed E-state index contributed by atoms with van der Waals surface area (Å²) in [6, 6.07) is 15.3. The molecular formula is C29H28N6O3S. The Morgan fingerprint density at radius 1 is 1.26 bits per heavy atom. The van der Waals surface area contributed by atoms with Crippen LogP contribution >= 0.6 is 11.3 Å². The van der Waals surface area contributed by atoms with E-state index in [1.165, 1.54) is 4.57 Å². The van der Waals surface area contributed by atoms with Crippen molar-refractivity contribution in [3.8, 4) is 23.0 Å². The van der Waals surface area contributed by atoms with Gasteiger partial charge in [-0.05, 0) is 43.7 Å². The molecule has 0 bridgehead atoms. The Morgan fingerprint density at radius 2 is 2.08 bits per heavy atom. The molecule has 0 atom stereocenters. The van der Waals surface area contributed by atoms with Crippen molar-refractivity contribution in [2.45, 2.75) is 19.9 Å². The van der Waals surface area contributed by atoms with Crippen molar-refractivity contribution in [1.29, 1.82) is 5.26 Å². The standard InChI is InChI=1S/C29H28N6O3S/c1-3-15-34-28(37)25(39-29(34)24(18-30)27(36)32-14-9-16-38-4-2)17-22-20-35(23-11-6-5-7-12-23)33-26(22)21-10-8-13-31-19-21/h3,5-8,10-13,17,19-20H,1,4,9,14-16H2,2H3,(H,32,36)/b25-17-,29-24-. The zero-order valence-corrected chi connectivity index (χ0v) is 22.4. The van der Waals surface area contributed by atoms with Crippen LogP contribution in [0, 0.1) is 11.3 Å². The molecule has 39 heavy (non-hydrogen) atoms. The SMILES string of the molecule is C=CCn1c(=O)/c(=C/c2cn(-c3ccccc3)nc2-c2cccnc2)s/c1=C(/C#N)C(=O)NCCCOCC. The number of nitrogens with one attached hydrogen (secondary N) is 1. The summed E-state index contributed by atoms with van der Waals surface area (Å²) in [7, 11) is 0. The second kappa shape index (κ2) is 13.3. The quantitative estimate of drug-likeness (QED) is 0.231. The maximum Gasteiger partial charge on any atom is 0.269 e. The zero-order chi connectivity index (χ0) is 27.6. The second-order valence-corrected chi connectivity index (χ2v) is 9.40. The topological polar surface area (TPSA) is 115 Å². The Kier molecular flexibility index (Phi) is 9.34. The van der Waals surface area contributed by atoms with Gasteiger partial charge < -0.3 is 10.1 Å². The minimum absolute atomic E-state index is 0.123. The summed E-state index contributed by atoms with van der Waals surface area (Å²) in [6.45, 7) is 7.25. The van der Waals surface area contributed by atoms with Crippen molar-refractivity contribution >= 4 is 28.9 Å². The third-order valence-electron chi connectivity index (χ3n) is 5.71. The van der Waals surface area contributed by atoms with E-state index in [9.17, 15) is 14.9 Å². The molecular weight excluding hydrogens is 512 g/mol. The highest BCUT2D eigenvalue weighted by molar-refractivity contribution is 7.07. The molecule has 0 radical (unpaired) electrons. The highest BCUT2D eigenvalue weighted by Gasteiger charge is 2.17. The summed E-state index contributed by atoms with van der Waals surface area (Å²) in [5.74, 6) is -0.535. The van der Waals surface area contributed by atoms with Gasteiger partial charge in [-0.2, -0.15) is 10.4 Å². The van der Waals surface area contributed by atoms with Gasteiger partial charge in [0.2, 0.25) is 0 Å². The normalized spacial score (nSPS) is 12.2. The molecule has 0 fully saturated rings. The maximum atomic E-state index is 13.5. The molecule has 3 aromatic heterocycles. The predicted molar refractivity (Wildman–Crippen MR) is 152 cm³/mol. The first-order chi connectivity index (χ1) is 19.1. The lowest BCUT2D eigenvalue weighted by molar-refractivity contribution is -0.115. The number of nitriles is 1. The fourth-order valence-corrected chi connectivity index (χ4v) is 4.98.